The van der Waals surface area contributed by atoms with Crippen molar-refractivity contribution in [3.63, 3.8) is 0 Å². The molecule has 1 fully saturated rings. The highest BCUT2D eigenvalue weighted by Crippen LogP contribution is 2.22. The third-order valence-electron chi connectivity index (χ3n) is 5.28. The van der Waals surface area contributed by atoms with Crippen LogP contribution in [0.25, 0.3) is 10.9 Å². The lowest BCUT2D eigenvalue weighted by Gasteiger charge is -2.26. The molecule has 1 saturated carbocycles. The van der Waals surface area contributed by atoms with Crippen LogP contribution < -0.4 is 10.6 Å². The summed E-state index contributed by atoms with van der Waals surface area (Å²) in [6, 6.07) is 11.5. The van der Waals surface area contributed by atoms with E-state index in [9.17, 15) is 9.90 Å². The molecule has 0 radical (unpaired) electrons. The highest BCUT2D eigenvalue weighted by molar-refractivity contribution is 6.05. The Bertz CT molecular complexity index is 971. The van der Waals surface area contributed by atoms with Gasteiger partial charge < -0.3 is 15.7 Å². The number of rotatable bonds is 6. The molecular formula is C22H25N5O2. The number of pyridine rings is 1. The second-order valence-corrected chi connectivity index (χ2v) is 7.41. The van der Waals surface area contributed by atoms with E-state index < -0.39 is 0 Å². The average molecular weight is 391 g/mol. The van der Waals surface area contributed by atoms with Crippen molar-refractivity contribution in [2.24, 2.45) is 0 Å². The van der Waals surface area contributed by atoms with Gasteiger partial charge in [-0.05, 0) is 43.9 Å². The van der Waals surface area contributed by atoms with E-state index in [2.05, 4.69) is 25.6 Å². The van der Waals surface area contributed by atoms with Crippen LogP contribution in [0.1, 0.15) is 41.7 Å². The molecule has 0 atom stereocenters. The van der Waals surface area contributed by atoms with Gasteiger partial charge >= 0.3 is 0 Å². The highest BCUT2D eigenvalue weighted by atomic mass is 16.3. The Labute approximate surface area is 169 Å². The van der Waals surface area contributed by atoms with Crippen LogP contribution in [-0.2, 0) is 6.42 Å². The maximum absolute atomic E-state index is 12.7. The van der Waals surface area contributed by atoms with Crippen LogP contribution in [0.5, 0.6) is 0 Å². The Kier molecular flexibility index (Phi) is 5.95. The molecule has 0 aliphatic heterocycles. The van der Waals surface area contributed by atoms with Crippen molar-refractivity contribution >= 4 is 22.8 Å². The fourth-order valence-electron chi connectivity index (χ4n) is 3.66. The van der Waals surface area contributed by atoms with Crippen molar-refractivity contribution < 1.29 is 9.90 Å². The third kappa shape index (κ3) is 4.86. The Morgan fingerprint density at radius 2 is 1.93 bits per heavy atom. The lowest BCUT2D eigenvalue weighted by molar-refractivity contribution is 0.0955. The van der Waals surface area contributed by atoms with Crippen molar-refractivity contribution in [1.29, 1.82) is 0 Å². The van der Waals surface area contributed by atoms with Gasteiger partial charge in [0.25, 0.3) is 5.91 Å². The van der Waals surface area contributed by atoms with E-state index in [4.69, 9.17) is 0 Å². The number of para-hydroxylation sites is 1. The van der Waals surface area contributed by atoms with E-state index in [0.717, 1.165) is 36.8 Å². The minimum absolute atomic E-state index is 0.156. The summed E-state index contributed by atoms with van der Waals surface area (Å²) in [4.78, 5) is 26.0. The quantitative estimate of drug-likeness (QED) is 0.597. The van der Waals surface area contributed by atoms with Crippen molar-refractivity contribution in [2.45, 2.75) is 44.2 Å². The van der Waals surface area contributed by atoms with Gasteiger partial charge in [0.05, 0.1) is 17.2 Å². The molecule has 1 aliphatic rings. The molecule has 2 aromatic heterocycles. The van der Waals surface area contributed by atoms with Crippen LogP contribution in [0.3, 0.4) is 0 Å². The predicted octanol–water partition coefficient (Wildman–Crippen LogP) is 2.71. The highest BCUT2D eigenvalue weighted by Gasteiger charge is 2.20. The van der Waals surface area contributed by atoms with Gasteiger partial charge in [0.15, 0.2) is 0 Å². The maximum atomic E-state index is 12.7. The number of aliphatic hydroxyl groups excluding tert-OH is 1. The summed E-state index contributed by atoms with van der Waals surface area (Å²) in [6.07, 6.45) is 7.31. The second-order valence-electron chi connectivity index (χ2n) is 7.41. The molecule has 0 saturated heterocycles. The van der Waals surface area contributed by atoms with Gasteiger partial charge in [0.1, 0.15) is 0 Å². The molecule has 29 heavy (non-hydrogen) atoms. The van der Waals surface area contributed by atoms with Crippen LogP contribution in [0.15, 0.2) is 48.8 Å². The number of hydrogen-bond donors (Lipinski definition) is 3. The fraction of sp³-hybridized carbons (Fsp3) is 0.364. The average Bonchev–Trinajstić information content (AvgIpc) is 2.75. The zero-order chi connectivity index (χ0) is 20.1. The number of anilines is 1. The predicted molar refractivity (Wildman–Crippen MR) is 112 cm³/mol. The summed E-state index contributed by atoms with van der Waals surface area (Å²) < 4.78 is 0. The number of nitrogens with zero attached hydrogens (tertiary/aromatic N) is 3. The van der Waals surface area contributed by atoms with Gasteiger partial charge in [-0.15, -0.1) is 0 Å². The monoisotopic (exact) mass is 391 g/mol. The molecule has 0 unspecified atom stereocenters. The molecular weight excluding hydrogens is 366 g/mol. The van der Waals surface area contributed by atoms with Crippen LogP contribution in [0.2, 0.25) is 0 Å². The minimum Gasteiger partial charge on any atom is -0.393 e. The first-order valence-electron chi connectivity index (χ1n) is 10.1. The normalized spacial score (nSPS) is 19.1. The molecule has 2 heterocycles. The Hall–Kier alpha value is -3.06. The van der Waals surface area contributed by atoms with Crippen molar-refractivity contribution in [3.05, 3.63) is 60.0 Å². The number of amides is 1. The number of aliphatic hydroxyl groups is 1. The summed E-state index contributed by atoms with van der Waals surface area (Å²) in [5.74, 6) is 0.365. The third-order valence-corrected chi connectivity index (χ3v) is 5.28. The topological polar surface area (TPSA) is 100 Å². The van der Waals surface area contributed by atoms with E-state index in [1.807, 2.05) is 30.3 Å². The van der Waals surface area contributed by atoms with E-state index in [1.165, 1.54) is 0 Å². The molecule has 3 N–H and O–H groups in total. The Balaban J connectivity index is 1.46. The zero-order valence-corrected chi connectivity index (χ0v) is 16.2. The zero-order valence-electron chi connectivity index (χ0n) is 16.2. The van der Waals surface area contributed by atoms with Gasteiger partial charge in [-0.25, -0.2) is 9.97 Å². The molecule has 1 amide bonds. The first-order valence-corrected chi connectivity index (χ1v) is 10.1. The van der Waals surface area contributed by atoms with Crippen LogP contribution >= 0.6 is 0 Å². The number of nitrogens with one attached hydrogen (secondary N) is 2. The van der Waals surface area contributed by atoms with Gasteiger partial charge in [0, 0.05) is 42.5 Å². The van der Waals surface area contributed by atoms with E-state index in [0.29, 0.717) is 30.0 Å². The number of fused-ring (bicyclic) bond motifs is 1. The molecule has 7 nitrogen and oxygen atoms in total. The Morgan fingerprint density at radius 3 is 2.72 bits per heavy atom. The van der Waals surface area contributed by atoms with Gasteiger partial charge in [0.2, 0.25) is 5.95 Å². The molecule has 0 bridgehead atoms. The van der Waals surface area contributed by atoms with E-state index >= 15 is 0 Å². The molecule has 1 aromatic carbocycles. The van der Waals surface area contributed by atoms with Crippen LogP contribution in [0, 0.1) is 0 Å². The van der Waals surface area contributed by atoms with Crippen molar-refractivity contribution in [3.8, 4) is 0 Å². The first kappa shape index (κ1) is 19.3. The number of aromatic nitrogens is 3. The Morgan fingerprint density at radius 1 is 1.07 bits per heavy atom. The molecule has 4 rings (SSSR count). The lowest BCUT2D eigenvalue weighted by atomic mass is 9.93. The standard InChI is InChI=1S/C22H25N5O2/c28-18-9-7-17(8-10-18)26-22-25-14-15-4-3-6-19(20(15)27-22)21(29)24-13-11-16-5-1-2-12-23-16/h1-6,12,14,17-18,28H,7-11,13H2,(H,24,29)(H,25,26,27). The molecule has 0 spiro atoms. The first-order chi connectivity index (χ1) is 14.2. The fourth-order valence-corrected chi connectivity index (χ4v) is 3.66. The minimum atomic E-state index is -0.202. The summed E-state index contributed by atoms with van der Waals surface area (Å²) in [6.45, 7) is 0.507. The number of hydrogen-bond acceptors (Lipinski definition) is 6. The van der Waals surface area contributed by atoms with Crippen molar-refractivity contribution in [2.75, 3.05) is 11.9 Å². The summed E-state index contributed by atoms with van der Waals surface area (Å²) >= 11 is 0. The van der Waals surface area contributed by atoms with Gasteiger partial charge in [-0.2, -0.15) is 0 Å². The number of carbonyl (C=O) groups excluding carboxylic acids is 1. The summed E-state index contributed by atoms with van der Waals surface area (Å²) in [7, 11) is 0. The summed E-state index contributed by atoms with van der Waals surface area (Å²) in [5, 5.41) is 16.8. The molecule has 7 heteroatoms. The number of carbonyl (C=O) groups is 1. The van der Waals surface area contributed by atoms with Gasteiger partial charge in [-0.3, -0.25) is 9.78 Å². The van der Waals surface area contributed by atoms with Crippen molar-refractivity contribution in [1.82, 2.24) is 20.3 Å². The van der Waals surface area contributed by atoms with E-state index in [-0.39, 0.29) is 18.1 Å². The lowest BCUT2D eigenvalue weighted by Crippen LogP contribution is -2.29. The maximum Gasteiger partial charge on any atom is 0.253 e. The number of benzene rings is 1. The largest absolute Gasteiger partial charge is 0.393 e. The molecule has 150 valence electrons. The second kappa shape index (κ2) is 8.96. The van der Waals surface area contributed by atoms with Gasteiger partial charge in [-0.1, -0.05) is 18.2 Å². The molecule has 1 aliphatic carbocycles. The molecule has 3 aromatic rings. The smallest absolute Gasteiger partial charge is 0.253 e. The van der Waals surface area contributed by atoms with Crippen LogP contribution in [0.4, 0.5) is 5.95 Å². The SMILES string of the molecule is O=C(NCCc1ccccn1)c1cccc2cnc(NC3CCC(O)CC3)nc12. The summed E-state index contributed by atoms with van der Waals surface area (Å²) in [5.41, 5.74) is 2.11. The van der Waals surface area contributed by atoms with Crippen LogP contribution in [-0.4, -0.2) is 44.7 Å². The van der Waals surface area contributed by atoms with E-state index in [1.54, 1.807) is 18.5 Å².